The number of Topliss-reactive ketones (excluding diaryl/α,β-unsaturated/α-hetero) is 1. The van der Waals surface area contributed by atoms with Gasteiger partial charge in [0.15, 0.2) is 5.78 Å². The predicted octanol–water partition coefficient (Wildman–Crippen LogP) is 3.30. The number of phenols is 1. The smallest absolute Gasteiger partial charge is 0.223 e. The molecule has 2 aliphatic rings. The number of phenolic OH excluding ortho intramolecular Hbond substituents is 1. The van der Waals surface area contributed by atoms with Crippen molar-refractivity contribution in [1.82, 2.24) is 5.32 Å². The number of rotatable bonds is 8. The van der Waals surface area contributed by atoms with Gasteiger partial charge in [-0.05, 0) is 49.8 Å². The van der Waals surface area contributed by atoms with Gasteiger partial charge >= 0.3 is 0 Å². The molecule has 3 rings (SSSR count). The van der Waals surface area contributed by atoms with Crippen LogP contribution < -0.4 is 5.32 Å². The third-order valence-corrected chi connectivity index (χ3v) is 6.04. The molecule has 1 saturated heterocycles. The molecule has 0 unspecified atom stereocenters. The van der Waals surface area contributed by atoms with E-state index in [1.807, 2.05) is 32.9 Å². The van der Waals surface area contributed by atoms with Crippen molar-refractivity contribution in [2.45, 2.75) is 70.9 Å². The number of benzene rings is 1. The van der Waals surface area contributed by atoms with Crippen molar-refractivity contribution >= 4 is 11.7 Å². The van der Waals surface area contributed by atoms with E-state index in [2.05, 4.69) is 5.32 Å². The average molecular weight is 373 g/mol. The molecule has 1 saturated carbocycles. The van der Waals surface area contributed by atoms with Crippen molar-refractivity contribution < 1.29 is 19.4 Å². The van der Waals surface area contributed by atoms with Gasteiger partial charge in [-0.15, -0.1) is 0 Å². The number of hydrogen-bond acceptors (Lipinski definition) is 4. The van der Waals surface area contributed by atoms with E-state index < -0.39 is 11.6 Å². The Hall–Kier alpha value is -1.88. The molecule has 0 radical (unpaired) electrons. The second-order valence-corrected chi connectivity index (χ2v) is 8.56. The van der Waals surface area contributed by atoms with Gasteiger partial charge in [0.05, 0.1) is 12.6 Å². The highest BCUT2D eigenvalue weighted by atomic mass is 16.6. The third kappa shape index (κ3) is 4.89. The molecule has 3 atom stereocenters. The number of carbonyl (C=O) groups excluding carboxylic acids is 2. The van der Waals surface area contributed by atoms with Crippen molar-refractivity contribution in [2.24, 2.45) is 11.8 Å². The van der Waals surface area contributed by atoms with Crippen LogP contribution in [-0.4, -0.2) is 35.0 Å². The van der Waals surface area contributed by atoms with Crippen LogP contribution >= 0.6 is 0 Å². The van der Waals surface area contributed by atoms with Gasteiger partial charge in [0.2, 0.25) is 5.91 Å². The van der Waals surface area contributed by atoms with Gasteiger partial charge in [0.1, 0.15) is 11.4 Å². The minimum absolute atomic E-state index is 0.00271. The fraction of sp³-hybridized carbons (Fsp3) is 0.636. The van der Waals surface area contributed by atoms with Crippen molar-refractivity contribution in [1.29, 1.82) is 0 Å². The van der Waals surface area contributed by atoms with Crippen LogP contribution in [0, 0.1) is 18.8 Å². The second kappa shape index (κ2) is 8.01. The van der Waals surface area contributed by atoms with Crippen LogP contribution in [0.4, 0.5) is 0 Å². The zero-order chi connectivity index (χ0) is 19.6. The summed E-state index contributed by atoms with van der Waals surface area (Å²) < 4.78 is 5.34. The Morgan fingerprint density at radius 1 is 1.33 bits per heavy atom. The lowest BCUT2D eigenvalue weighted by Gasteiger charge is -2.24. The molecule has 1 aromatic carbocycles. The molecular formula is C22H31NO4. The van der Waals surface area contributed by atoms with E-state index in [-0.39, 0.29) is 23.4 Å². The predicted molar refractivity (Wildman–Crippen MR) is 104 cm³/mol. The molecule has 5 heteroatoms. The summed E-state index contributed by atoms with van der Waals surface area (Å²) in [6.07, 6.45) is 5.92. The van der Waals surface area contributed by atoms with Gasteiger partial charge in [-0.25, -0.2) is 0 Å². The number of carbonyl (C=O) groups is 2. The summed E-state index contributed by atoms with van der Waals surface area (Å²) >= 11 is 0. The van der Waals surface area contributed by atoms with Crippen LogP contribution in [0.3, 0.4) is 0 Å². The largest absolute Gasteiger partial charge is 0.508 e. The molecule has 148 valence electrons. The lowest BCUT2D eigenvalue weighted by Crippen LogP contribution is -2.48. The Morgan fingerprint density at radius 3 is 2.59 bits per heavy atom. The molecule has 0 spiro atoms. The van der Waals surface area contributed by atoms with Gasteiger partial charge < -0.3 is 15.2 Å². The first-order valence-corrected chi connectivity index (χ1v) is 10.1. The lowest BCUT2D eigenvalue weighted by molar-refractivity contribution is -0.132. The highest BCUT2D eigenvalue weighted by Gasteiger charge is 2.50. The zero-order valence-corrected chi connectivity index (χ0v) is 16.6. The van der Waals surface area contributed by atoms with Crippen molar-refractivity contribution in [3.05, 3.63) is 29.3 Å². The van der Waals surface area contributed by atoms with Gasteiger partial charge in [-0.2, -0.15) is 0 Å². The first-order chi connectivity index (χ1) is 12.8. The first kappa shape index (κ1) is 19.9. The summed E-state index contributed by atoms with van der Waals surface area (Å²) in [6.45, 7) is 5.95. The fourth-order valence-electron chi connectivity index (χ4n) is 3.97. The monoisotopic (exact) mass is 373 g/mol. The molecule has 1 heterocycles. The normalized spacial score (nSPS) is 24.4. The van der Waals surface area contributed by atoms with Crippen LogP contribution in [0.1, 0.15) is 57.1 Å². The second-order valence-electron chi connectivity index (χ2n) is 8.56. The van der Waals surface area contributed by atoms with Crippen molar-refractivity contribution in [2.75, 3.05) is 6.61 Å². The number of aromatic hydroxyl groups is 1. The molecule has 5 nitrogen and oxygen atoms in total. The van der Waals surface area contributed by atoms with Gasteiger partial charge in [0, 0.05) is 5.92 Å². The summed E-state index contributed by atoms with van der Waals surface area (Å²) in [5.74, 6) is 0.358. The molecule has 0 bridgehead atoms. The van der Waals surface area contributed by atoms with Gasteiger partial charge in [-0.1, -0.05) is 44.7 Å². The van der Waals surface area contributed by atoms with Crippen LogP contribution in [0.5, 0.6) is 5.75 Å². The maximum absolute atomic E-state index is 12.8. The number of ether oxygens (including phenoxy) is 1. The minimum Gasteiger partial charge on any atom is -0.508 e. The molecule has 1 aliphatic carbocycles. The van der Waals surface area contributed by atoms with E-state index in [9.17, 15) is 14.7 Å². The summed E-state index contributed by atoms with van der Waals surface area (Å²) in [7, 11) is 0. The number of amides is 1. The molecule has 1 amide bonds. The Balaban J connectivity index is 1.63. The molecule has 27 heavy (non-hydrogen) atoms. The highest BCUT2D eigenvalue weighted by molar-refractivity contribution is 5.96. The number of epoxide rings is 1. The number of aryl methyl sites for hydroxylation is 1. The standard InChI is InChI=1S/C22H31NO4/c1-14-8-9-17(12-19(14)24)10-15(2)21(26)23-18(11-16-6-4-5-7-16)20(25)22(3)13-27-22/h8-9,12,15-16,18,24H,4-7,10-11,13H2,1-3H3,(H,23,26)/t15-,18-,22+/m0/s1. The van der Waals surface area contributed by atoms with Gasteiger partial charge in [-0.3, -0.25) is 9.59 Å². The molecule has 1 aromatic rings. The number of hydrogen-bond donors (Lipinski definition) is 2. The van der Waals surface area contributed by atoms with E-state index in [1.165, 1.54) is 12.8 Å². The van der Waals surface area contributed by atoms with Crippen LogP contribution in [0.2, 0.25) is 0 Å². The molecule has 2 N–H and O–H groups in total. The summed E-state index contributed by atoms with van der Waals surface area (Å²) in [4.78, 5) is 25.6. The van der Waals surface area contributed by atoms with E-state index >= 15 is 0 Å². The first-order valence-electron chi connectivity index (χ1n) is 10.1. The summed E-state index contributed by atoms with van der Waals surface area (Å²) in [5, 5.41) is 12.9. The maximum atomic E-state index is 12.8. The lowest BCUT2D eigenvalue weighted by atomic mass is 9.90. The average Bonchev–Trinajstić information content (AvgIpc) is 3.17. The summed E-state index contributed by atoms with van der Waals surface area (Å²) in [5.41, 5.74) is 1.01. The summed E-state index contributed by atoms with van der Waals surface area (Å²) in [6, 6.07) is 5.02. The molecule has 2 fully saturated rings. The van der Waals surface area contributed by atoms with E-state index in [1.54, 1.807) is 6.07 Å². The molecular weight excluding hydrogens is 342 g/mol. The number of ketones is 1. The van der Waals surface area contributed by atoms with E-state index in [4.69, 9.17) is 4.74 Å². The van der Waals surface area contributed by atoms with Crippen LogP contribution in [-0.2, 0) is 20.7 Å². The maximum Gasteiger partial charge on any atom is 0.223 e. The van der Waals surface area contributed by atoms with Crippen LogP contribution in [0.15, 0.2) is 18.2 Å². The SMILES string of the molecule is Cc1ccc(C[C@H](C)C(=O)N[C@@H](CC2CCCC2)C(=O)[C@@]2(C)CO2)cc1O. The Labute approximate surface area is 161 Å². The topological polar surface area (TPSA) is 78.9 Å². The Morgan fingerprint density at radius 2 is 2.00 bits per heavy atom. The van der Waals surface area contributed by atoms with E-state index in [0.717, 1.165) is 24.0 Å². The Bertz CT molecular complexity index is 704. The van der Waals surface area contributed by atoms with Crippen molar-refractivity contribution in [3.8, 4) is 5.75 Å². The van der Waals surface area contributed by atoms with Crippen molar-refractivity contribution in [3.63, 3.8) is 0 Å². The third-order valence-electron chi connectivity index (χ3n) is 6.04. The highest BCUT2D eigenvalue weighted by Crippen LogP contribution is 2.33. The molecule has 1 aliphatic heterocycles. The zero-order valence-electron chi connectivity index (χ0n) is 16.6. The van der Waals surface area contributed by atoms with E-state index in [0.29, 0.717) is 25.4 Å². The number of nitrogens with one attached hydrogen (secondary N) is 1. The Kier molecular flexibility index (Phi) is 5.89. The van der Waals surface area contributed by atoms with Crippen LogP contribution in [0.25, 0.3) is 0 Å². The quantitative estimate of drug-likeness (QED) is 0.685. The minimum atomic E-state index is -0.720. The molecule has 0 aromatic heterocycles. The fourth-order valence-corrected chi connectivity index (χ4v) is 3.97. The van der Waals surface area contributed by atoms with Gasteiger partial charge in [0.25, 0.3) is 0 Å².